The molecule has 2 fully saturated rings. The van der Waals surface area contributed by atoms with Crippen LogP contribution in [0.4, 0.5) is 0 Å². The molecule has 5 nitrogen and oxygen atoms in total. The minimum Gasteiger partial charge on any atom is -0.316 e. The molecule has 0 aromatic rings. The molecule has 0 bridgehead atoms. The van der Waals surface area contributed by atoms with Crippen LogP contribution in [0.1, 0.15) is 39.5 Å². The Morgan fingerprint density at radius 1 is 0.935 bits per heavy atom. The van der Waals surface area contributed by atoms with Gasteiger partial charge in [-0.2, -0.15) is 0 Å². The number of nitrogens with one attached hydrogen (secondary N) is 1. The number of allylic oxidation sites excluding steroid dienone is 4. The Kier molecular flexibility index (Phi) is 8.41. The number of likely N-dealkylation sites (tertiary alicyclic amines) is 1. The highest BCUT2D eigenvalue weighted by Gasteiger charge is 2.30. The molecular weight excluding hydrogens is 406 g/mol. The van der Waals surface area contributed by atoms with E-state index in [-0.39, 0.29) is 0 Å². The monoisotopic (exact) mass is 445 g/mol. The predicted molar refractivity (Wildman–Crippen MR) is 132 cm³/mol. The molecule has 0 unspecified atom stereocenters. The zero-order valence-corrected chi connectivity index (χ0v) is 20.3. The van der Waals surface area contributed by atoms with Crippen LogP contribution in [-0.4, -0.2) is 92.4 Å². The average Bonchev–Trinajstić information content (AvgIpc) is 3.11. The van der Waals surface area contributed by atoms with Gasteiger partial charge in [0.1, 0.15) is 0 Å². The Morgan fingerprint density at radius 3 is 2.39 bits per heavy atom. The van der Waals surface area contributed by atoms with Crippen molar-refractivity contribution in [1.29, 1.82) is 0 Å². The summed E-state index contributed by atoms with van der Waals surface area (Å²) in [7, 11) is 0. The fraction of sp³-hybridized carbons (Fsp3) is 0.720. The number of hydrogen-bond donors (Lipinski definition) is 1. The molecule has 0 saturated carbocycles. The third-order valence-electron chi connectivity index (χ3n) is 6.89. The summed E-state index contributed by atoms with van der Waals surface area (Å²) in [5.74, 6) is 0.747. The van der Waals surface area contributed by atoms with E-state index in [2.05, 4.69) is 39.9 Å². The highest BCUT2D eigenvalue weighted by atomic mass is 35.5. The second-order valence-corrected chi connectivity index (χ2v) is 10.4. The summed E-state index contributed by atoms with van der Waals surface area (Å²) in [6.07, 6.45) is 8.61. The van der Waals surface area contributed by atoms with Crippen LogP contribution >= 0.6 is 11.6 Å². The van der Waals surface area contributed by atoms with E-state index in [1.165, 1.54) is 75.5 Å². The number of hydrogen-bond acceptors (Lipinski definition) is 5. The molecule has 4 rings (SSSR count). The summed E-state index contributed by atoms with van der Waals surface area (Å²) in [6, 6.07) is 0. The molecule has 3 heterocycles. The largest absolute Gasteiger partial charge is 0.316 e. The number of aliphatic imine (C=N–C) groups is 1. The van der Waals surface area contributed by atoms with Crippen LogP contribution in [0.5, 0.6) is 0 Å². The van der Waals surface area contributed by atoms with Gasteiger partial charge in [0.25, 0.3) is 0 Å². The SMILES string of the molecule is CC(C)CNCCCN1CCN(CCCN2CCC3=C4CC(Cl)=CC=C4N=C3C2)CC1. The van der Waals surface area contributed by atoms with Crippen LogP contribution < -0.4 is 5.32 Å². The summed E-state index contributed by atoms with van der Waals surface area (Å²) in [5.41, 5.74) is 5.31. The van der Waals surface area contributed by atoms with Gasteiger partial charge in [-0.15, -0.1) is 0 Å². The summed E-state index contributed by atoms with van der Waals surface area (Å²) in [4.78, 5) is 12.8. The maximum Gasteiger partial charge on any atom is 0.0673 e. The fourth-order valence-electron chi connectivity index (χ4n) is 5.09. The van der Waals surface area contributed by atoms with Crippen molar-refractivity contribution in [2.75, 3.05) is 72.0 Å². The van der Waals surface area contributed by atoms with Gasteiger partial charge in [0, 0.05) is 50.7 Å². The molecule has 0 radical (unpaired) electrons. The minimum atomic E-state index is 0.747. The number of halogens is 1. The van der Waals surface area contributed by atoms with Crippen molar-refractivity contribution in [3.8, 4) is 0 Å². The summed E-state index contributed by atoms with van der Waals surface area (Å²) in [6.45, 7) is 17.6. The highest BCUT2D eigenvalue weighted by molar-refractivity contribution is 6.30. The van der Waals surface area contributed by atoms with E-state index < -0.39 is 0 Å². The van der Waals surface area contributed by atoms with Crippen LogP contribution in [0.2, 0.25) is 0 Å². The van der Waals surface area contributed by atoms with Gasteiger partial charge in [0.05, 0.1) is 11.4 Å². The van der Waals surface area contributed by atoms with Crippen LogP contribution in [-0.2, 0) is 0 Å². The zero-order chi connectivity index (χ0) is 21.6. The quantitative estimate of drug-likeness (QED) is 0.522. The lowest BCUT2D eigenvalue weighted by molar-refractivity contribution is 0.126. The van der Waals surface area contributed by atoms with Crippen LogP contribution in [0.25, 0.3) is 0 Å². The molecule has 4 aliphatic rings. The Bertz CT molecular complexity index is 743. The van der Waals surface area contributed by atoms with Gasteiger partial charge in [-0.25, -0.2) is 0 Å². The van der Waals surface area contributed by atoms with Gasteiger partial charge in [0.15, 0.2) is 0 Å². The Morgan fingerprint density at radius 2 is 1.65 bits per heavy atom. The van der Waals surface area contributed by atoms with E-state index in [1.54, 1.807) is 0 Å². The summed E-state index contributed by atoms with van der Waals surface area (Å²) >= 11 is 6.25. The van der Waals surface area contributed by atoms with E-state index in [4.69, 9.17) is 16.6 Å². The molecule has 0 spiro atoms. The lowest BCUT2D eigenvalue weighted by Crippen LogP contribution is -2.47. The van der Waals surface area contributed by atoms with E-state index in [9.17, 15) is 0 Å². The molecule has 2 saturated heterocycles. The van der Waals surface area contributed by atoms with Gasteiger partial charge in [-0.05, 0) is 81.2 Å². The Hall–Kier alpha value is -0.980. The minimum absolute atomic E-state index is 0.747. The average molecular weight is 446 g/mol. The predicted octanol–water partition coefficient (Wildman–Crippen LogP) is 3.50. The summed E-state index contributed by atoms with van der Waals surface area (Å²) in [5, 5.41) is 4.50. The molecular formula is C25H40ClN5. The van der Waals surface area contributed by atoms with Crippen LogP contribution in [0.15, 0.2) is 39.0 Å². The first-order chi connectivity index (χ1) is 15.1. The molecule has 6 heteroatoms. The lowest BCUT2D eigenvalue weighted by Gasteiger charge is -2.35. The molecule has 0 aromatic carbocycles. The van der Waals surface area contributed by atoms with Gasteiger partial charge in [0.2, 0.25) is 0 Å². The van der Waals surface area contributed by atoms with Crippen molar-refractivity contribution >= 4 is 17.3 Å². The van der Waals surface area contributed by atoms with Gasteiger partial charge in [-0.1, -0.05) is 25.4 Å². The first kappa shape index (κ1) is 23.2. The number of nitrogens with zero attached hydrogens (tertiary/aromatic N) is 4. The molecule has 1 N–H and O–H groups in total. The lowest BCUT2D eigenvalue weighted by atomic mass is 9.93. The smallest absolute Gasteiger partial charge is 0.0673 e. The maximum atomic E-state index is 6.25. The van der Waals surface area contributed by atoms with Crippen LogP contribution in [0, 0.1) is 5.92 Å². The van der Waals surface area contributed by atoms with E-state index in [0.29, 0.717) is 0 Å². The van der Waals surface area contributed by atoms with Crippen LogP contribution in [0.3, 0.4) is 0 Å². The Labute approximate surface area is 193 Å². The third kappa shape index (κ3) is 6.52. The number of rotatable bonds is 10. The molecule has 1 aliphatic carbocycles. The number of fused-ring (bicyclic) bond motifs is 2. The van der Waals surface area contributed by atoms with Gasteiger partial charge >= 0.3 is 0 Å². The highest BCUT2D eigenvalue weighted by Crippen LogP contribution is 2.37. The molecule has 172 valence electrons. The van der Waals surface area contributed by atoms with Crippen molar-refractivity contribution in [1.82, 2.24) is 20.0 Å². The fourth-order valence-corrected chi connectivity index (χ4v) is 5.29. The maximum absolute atomic E-state index is 6.25. The number of piperidine rings is 1. The van der Waals surface area contributed by atoms with E-state index in [0.717, 1.165) is 55.7 Å². The van der Waals surface area contributed by atoms with Crippen molar-refractivity contribution in [3.05, 3.63) is 34.0 Å². The topological polar surface area (TPSA) is 34.1 Å². The molecule has 0 amide bonds. The van der Waals surface area contributed by atoms with Gasteiger partial charge in [-0.3, -0.25) is 9.89 Å². The second-order valence-electron chi connectivity index (χ2n) is 9.87. The third-order valence-corrected chi connectivity index (χ3v) is 7.15. The summed E-state index contributed by atoms with van der Waals surface area (Å²) < 4.78 is 0. The Balaban J connectivity index is 1.10. The normalized spacial score (nSPS) is 23.0. The van der Waals surface area contributed by atoms with E-state index in [1.807, 2.05) is 6.08 Å². The molecule has 31 heavy (non-hydrogen) atoms. The molecule has 0 atom stereocenters. The van der Waals surface area contributed by atoms with Crippen molar-refractivity contribution in [3.63, 3.8) is 0 Å². The first-order valence-corrected chi connectivity index (χ1v) is 12.7. The zero-order valence-electron chi connectivity index (χ0n) is 19.5. The molecule has 3 aliphatic heterocycles. The van der Waals surface area contributed by atoms with Crippen molar-refractivity contribution in [2.45, 2.75) is 39.5 Å². The van der Waals surface area contributed by atoms with Crippen molar-refractivity contribution in [2.24, 2.45) is 10.9 Å². The van der Waals surface area contributed by atoms with Gasteiger partial charge < -0.3 is 15.1 Å². The number of piperazine rings is 1. The van der Waals surface area contributed by atoms with Crippen molar-refractivity contribution < 1.29 is 0 Å². The molecule has 0 aromatic heterocycles. The standard InChI is InChI=1S/C25H40ClN5/c1-20(2)18-27-8-3-9-29-13-15-30(16-14-29)10-4-11-31-12-7-22-23-17-21(26)5-6-24(23)28-25(22)19-31/h5-6,20,27H,3-4,7-19H2,1-2H3. The van der Waals surface area contributed by atoms with E-state index >= 15 is 0 Å². The second kappa shape index (κ2) is 11.2. The first-order valence-electron chi connectivity index (χ1n) is 12.3.